The van der Waals surface area contributed by atoms with Crippen LogP contribution in [-0.4, -0.2) is 32.9 Å². The molecule has 0 saturated heterocycles. The van der Waals surface area contributed by atoms with Crippen molar-refractivity contribution >= 4 is 5.91 Å². The number of nitrogens with zero attached hydrogens (tertiary/aromatic N) is 2. The van der Waals surface area contributed by atoms with Crippen LogP contribution in [-0.2, 0) is 7.05 Å². The standard InChI is InChI=1S/C13H19N3O3/c1-8-9(2)15-16(3)12(19)10(8)11(18)14-13(7-17)5-4-6-13/h17H,4-7H2,1-3H3,(H,14,18). The third-order valence-electron chi connectivity index (χ3n) is 3.94. The smallest absolute Gasteiger partial charge is 0.279 e. The highest BCUT2D eigenvalue weighted by Gasteiger charge is 2.38. The number of hydrogen-bond acceptors (Lipinski definition) is 4. The lowest BCUT2D eigenvalue weighted by atomic mass is 9.77. The van der Waals surface area contributed by atoms with Crippen LogP contribution in [0.1, 0.15) is 40.9 Å². The third kappa shape index (κ3) is 2.28. The van der Waals surface area contributed by atoms with Crippen LogP contribution < -0.4 is 10.9 Å². The fourth-order valence-corrected chi connectivity index (χ4v) is 2.35. The van der Waals surface area contributed by atoms with Crippen molar-refractivity contribution in [3.63, 3.8) is 0 Å². The molecule has 2 rings (SSSR count). The highest BCUT2D eigenvalue weighted by molar-refractivity contribution is 5.96. The van der Waals surface area contributed by atoms with E-state index in [4.69, 9.17) is 0 Å². The average Bonchev–Trinajstić information content (AvgIpc) is 2.32. The Balaban J connectivity index is 2.37. The largest absolute Gasteiger partial charge is 0.394 e. The second-order valence-corrected chi connectivity index (χ2v) is 5.26. The summed E-state index contributed by atoms with van der Waals surface area (Å²) in [5, 5.41) is 16.2. The molecule has 1 aliphatic carbocycles. The second kappa shape index (κ2) is 4.77. The van der Waals surface area contributed by atoms with E-state index in [0.717, 1.165) is 19.3 Å². The zero-order valence-corrected chi connectivity index (χ0v) is 11.5. The van der Waals surface area contributed by atoms with E-state index in [1.165, 1.54) is 11.7 Å². The molecule has 6 nitrogen and oxygen atoms in total. The number of nitrogens with one attached hydrogen (secondary N) is 1. The predicted octanol–water partition coefficient (Wildman–Crippen LogP) is 0.0419. The van der Waals surface area contributed by atoms with Gasteiger partial charge in [-0.2, -0.15) is 5.10 Å². The molecule has 0 aliphatic heterocycles. The summed E-state index contributed by atoms with van der Waals surface area (Å²) in [7, 11) is 1.52. The van der Waals surface area contributed by atoms with Crippen molar-refractivity contribution in [1.82, 2.24) is 15.1 Å². The normalized spacial score (nSPS) is 16.8. The van der Waals surface area contributed by atoms with Gasteiger partial charge in [-0.25, -0.2) is 4.68 Å². The number of aliphatic hydroxyl groups excluding tert-OH is 1. The van der Waals surface area contributed by atoms with Gasteiger partial charge in [-0.15, -0.1) is 0 Å². The Hall–Kier alpha value is -1.69. The number of carbonyl (C=O) groups excluding carboxylic acids is 1. The first kappa shape index (κ1) is 13.7. The third-order valence-corrected chi connectivity index (χ3v) is 3.94. The van der Waals surface area contributed by atoms with Gasteiger partial charge in [0.1, 0.15) is 5.56 Å². The molecule has 0 aromatic carbocycles. The van der Waals surface area contributed by atoms with Crippen molar-refractivity contribution in [2.24, 2.45) is 7.05 Å². The molecule has 0 spiro atoms. The van der Waals surface area contributed by atoms with E-state index >= 15 is 0 Å². The van der Waals surface area contributed by atoms with Crippen molar-refractivity contribution in [3.05, 3.63) is 27.2 Å². The molecule has 19 heavy (non-hydrogen) atoms. The number of aromatic nitrogens is 2. The molecule has 1 aromatic rings. The van der Waals surface area contributed by atoms with Crippen molar-refractivity contribution in [2.75, 3.05) is 6.61 Å². The van der Waals surface area contributed by atoms with Crippen LogP contribution in [0.4, 0.5) is 0 Å². The summed E-state index contributed by atoms with van der Waals surface area (Å²) in [5.41, 5.74) is 0.403. The maximum Gasteiger partial charge on any atom is 0.279 e. The number of aliphatic hydroxyl groups is 1. The fraction of sp³-hybridized carbons (Fsp3) is 0.615. The van der Waals surface area contributed by atoms with Crippen molar-refractivity contribution in [2.45, 2.75) is 38.6 Å². The molecule has 1 fully saturated rings. The fourth-order valence-electron chi connectivity index (χ4n) is 2.35. The minimum absolute atomic E-state index is 0.0951. The zero-order chi connectivity index (χ0) is 14.2. The molecule has 6 heteroatoms. The van der Waals surface area contributed by atoms with Crippen LogP contribution in [0, 0.1) is 13.8 Å². The van der Waals surface area contributed by atoms with Gasteiger partial charge in [0.25, 0.3) is 11.5 Å². The molecule has 0 bridgehead atoms. The van der Waals surface area contributed by atoms with Gasteiger partial charge in [-0.05, 0) is 38.7 Å². The molecular weight excluding hydrogens is 246 g/mol. The number of rotatable bonds is 3. The number of hydrogen-bond donors (Lipinski definition) is 2. The number of aryl methyl sites for hydroxylation is 2. The van der Waals surface area contributed by atoms with Crippen LogP contribution in [0.2, 0.25) is 0 Å². The molecule has 1 saturated carbocycles. The Labute approximate surface area is 111 Å². The zero-order valence-electron chi connectivity index (χ0n) is 11.5. The molecule has 0 radical (unpaired) electrons. The molecule has 1 heterocycles. The van der Waals surface area contributed by atoms with E-state index in [9.17, 15) is 14.7 Å². The SMILES string of the molecule is Cc1nn(C)c(=O)c(C(=O)NC2(CO)CCC2)c1C. The topological polar surface area (TPSA) is 84.2 Å². The Bertz CT molecular complexity index is 568. The summed E-state index contributed by atoms with van der Waals surface area (Å²) < 4.78 is 1.17. The summed E-state index contributed by atoms with van der Waals surface area (Å²) in [6, 6.07) is 0. The summed E-state index contributed by atoms with van der Waals surface area (Å²) in [5.74, 6) is -0.419. The minimum atomic E-state index is -0.550. The van der Waals surface area contributed by atoms with Gasteiger partial charge in [0.2, 0.25) is 0 Å². The first-order chi connectivity index (χ1) is 8.90. The predicted molar refractivity (Wildman–Crippen MR) is 70.1 cm³/mol. The van der Waals surface area contributed by atoms with E-state index in [1.54, 1.807) is 13.8 Å². The number of amides is 1. The lowest BCUT2D eigenvalue weighted by Gasteiger charge is -2.41. The van der Waals surface area contributed by atoms with Crippen molar-refractivity contribution < 1.29 is 9.90 Å². The molecule has 1 amide bonds. The minimum Gasteiger partial charge on any atom is -0.394 e. The molecule has 0 unspecified atom stereocenters. The molecule has 0 atom stereocenters. The van der Waals surface area contributed by atoms with Gasteiger partial charge < -0.3 is 10.4 Å². The van der Waals surface area contributed by atoms with Gasteiger partial charge in [0.15, 0.2) is 0 Å². The van der Waals surface area contributed by atoms with Gasteiger partial charge in [0.05, 0.1) is 17.8 Å². The average molecular weight is 265 g/mol. The van der Waals surface area contributed by atoms with E-state index in [0.29, 0.717) is 11.3 Å². The summed E-state index contributed by atoms with van der Waals surface area (Å²) in [6.45, 7) is 3.38. The summed E-state index contributed by atoms with van der Waals surface area (Å²) >= 11 is 0. The lowest BCUT2D eigenvalue weighted by Crippen LogP contribution is -2.57. The summed E-state index contributed by atoms with van der Waals surface area (Å²) in [4.78, 5) is 24.3. The lowest BCUT2D eigenvalue weighted by molar-refractivity contribution is 0.0639. The van der Waals surface area contributed by atoms with Crippen LogP contribution in [0.3, 0.4) is 0 Å². The first-order valence-electron chi connectivity index (χ1n) is 6.38. The monoisotopic (exact) mass is 265 g/mol. The second-order valence-electron chi connectivity index (χ2n) is 5.26. The van der Waals surface area contributed by atoms with Crippen LogP contribution in [0.5, 0.6) is 0 Å². The van der Waals surface area contributed by atoms with E-state index in [1.807, 2.05) is 0 Å². The first-order valence-corrected chi connectivity index (χ1v) is 6.38. The summed E-state index contributed by atoms with van der Waals surface area (Å²) in [6.07, 6.45) is 2.48. The maximum atomic E-state index is 12.3. The van der Waals surface area contributed by atoms with Crippen LogP contribution >= 0.6 is 0 Å². The Morgan fingerprint density at radius 2 is 2.11 bits per heavy atom. The Morgan fingerprint density at radius 3 is 2.58 bits per heavy atom. The van der Waals surface area contributed by atoms with Crippen molar-refractivity contribution in [1.29, 1.82) is 0 Å². The number of carbonyl (C=O) groups is 1. The van der Waals surface area contributed by atoms with Crippen molar-refractivity contribution in [3.8, 4) is 0 Å². The van der Waals surface area contributed by atoms with E-state index < -0.39 is 17.0 Å². The van der Waals surface area contributed by atoms with E-state index in [2.05, 4.69) is 10.4 Å². The molecular formula is C13H19N3O3. The molecule has 2 N–H and O–H groups in total. The van der Waals surface area contributed by atoms with Crippen LogP contribution in [0.25, 0.3) is 0 Å². The van der Waals surface area contributed by atoms with Gasteiger partial charge >= 0.3 is 0 Å². The van der Waals surface area contributed by atoms with Crippen LogP contribution in [0.15, 0.2) is 4.79 Å². The van der Waals surface area contributed by atoms with Gasteiger partial charge in [0, 0.05) is 7.05 Å². The Kier molecular flexibility index (Phi) is 3.45. The van der Waals surface area contributed by atoms with Gasteiger partial charge in [-0.1, -0.05) is 0 Å². The molecule has 104 valence electrons. The molecule has 1 aliphatic rings. The van der Waals surface area contributed by atoms with Gasteiger partial charge in [-0.3, -0.25) is 9.59 Å². The molecule has 1 aromatic heterocycles. The Morgan fingerprint density at radius 1 is 1.47 bits per heavy atom. The quantitative estimate of drug-likeness (QED) is 0.808. The van der Waals surface area contributed by atoms with E-state index in [-0.39, 0.29) is 12.2 Å². The highest BCUT2D eigenvalue weighted by atomic mass is 16.3. The maximum absolute atomic E-state index is 12.3. The highest BCUT2D eigenvalue weighted by Crippen LogP contribution is 2.31.